The molecule has 1 heterocycles. The zero-order chi connectivity index (χ0) is 13.9. The van der Waals surface area contributed by atoms with Crippen LogP contribution in [0.15, 0.2) is 12.3 Å². The van der Waals surface area contributed by atoms with E-state index in [4.69, 9.17) is 5.73 Å². The number of carbonyl (C=O) groups is 1. The largest absolute Gasteiger partial charge is 0.368 e. The van der Waals surface area contributed by atoms with E-state index in [1.165, 1.54) is 0 Å². The van der Waals surface area contributed by atoms with E-state index in [9.17, 15) is 4.79 Å². The standard InChI is InChI=1S/C14H24N4O/c1-3-8-16-14(13(15)19)7-4-5-12(10-14)18-9-6-11(2)17-18/h6,9,12,16H,3-5,7-8,10H2,1-2H3,(H2,15,19). The lowest BCUT2D eigenvalue weighted by molar-refractivity contribution is -0.126. The van der Waals surface area contributed by atoms with Crippen molar-refractivity contribution in [3.8, 4) is 0 Å². The molecule has 3 N–H and O–H groups in total. The summed E-state index contributed by atoms with van der Waals surface area (Å²) >= 11 is 0. The van der Waals surface area contributed by atoms with E-state index in [0.29, 0.717) is 0 Å². The first-order chi connectivity index (χ1) is 9.07. The van der Waals surface area contributed by atoms with E-state index in [2.05, 4.69) is 17.3 Å². The van der Waals surface area contributed by atoms with Gasteiger partial charge >= 0.3 is 0 Å². The summed E-state index contributed by atoms with van der Waals surface area (Å²) in [6.45, 7) is 4.91. The van der Waals surface area contributed by atoms with Crippen LogP contribution in [0.25, 0.3) is 0 Å². The zero-order valence-corrected chi connectivity index (χ0v) is 11.9. The van der Waals surface area contributed by atoms with Crippen molar-refractivity contribution in [1.29, 1.82) is 0 Å². The molecular formula is C14H24N4O. The second-order valence-electron chi connectivity index (χ2n) is 5.56. The molecule has 2 atom stereocenters. The van der Waals surface area contributed by atoms with Crippen molar-refractivity contribution in [3.63, 3.8) is 0 Å². The number of rotatable bonds is 5. The minimum absolute atomic E-state index is 0.227. The van der Waals surface area contributed by atoms with Crippen LogP contribution in [0.1, 0.15) is 50.8 Å². The molecule has 1 aliphatic carbocycles. The van der Waals surface area contributed by atoms with Crippen LogP contribution in [-0.4, -0.2) is 27.8 Å². The van der Waals surface area contributed by atoms with Gasteiger partial charge in [0, 0.05) is 6.20 Å². The number of carbonyl (C=O) groups excluding carboxylic acids is 1. The molecule has 0 spiro atoms. The molecule has 0 bridgehead atoms. The Morgan fingerprint density at radius 2 is 2.47 bits per heavy atom. The van der Waals surface area contributed by atoms with Crippen LogP contribution >= 0.6 is 0 Å². The fourth-order valence-electron chi connectivity index (χ4n) is 2.94. The molecule has 1 aromatic rings. The topological polar surface area (TPSA) is 72.9 Å². The molecule has 19 heavy (non-hydrogen) atoms. The van der Waals surface area contributed by atoms with Gasteiger partial charge in [-0.3, -0.25) is 9.48 Å². The van der Waals surface area contributed by atoms with Crippen molar-refractivity contribution < 1.29 is 4.79 Å². The number of hydrogen-bond acceptors (Lipinski definition) is 3. The van der Waals surface area contributed by atoms with Gasteiger partial charge in [-0.2, -0.15) is 5.10 Å². The summed E-state index contributed by atoms with van der Waals surface area (Å²) in [6.07, 6.45) is 6.63. The molecule has 1 aromatic heterocycles. The highest BCUT2D eigenvalue weighted by atomic mass is 16.1. The minimum Gasteiger partial charge on any atom is -0.368 e. The Balaban J connectivity index is 2.15. The molecule has 5 heteroatoms. The maximum atomic E-state index is 11.9. The highest BCUT2D eigenvalue weighted by molar-refractivity contribution is 5.84. The van der Waals surface area contributed by atoms with Crippen LogP contribution in [0.2, 0.25) is 0 Å². The first-order valence-electron chi connectivity index (χ1n) is 7.14. The monoisotopic (exact) mass is 264 g/mol. The summed E-state index contributed by atoms with van der Waals surface area (Å²) in [5.41, 5.74) is 6.11. The third-order valence-corrected chi connectivity index (χ3v) is 4.03. The first kappa shape index (κ1) is 14.1. The summed E-state index contributed by atoms with van der Waals surface area (Å²) < 4.78 is 1.99. The van der Waals surface area contributed by atoms with Crippen molar-refractivity contribution in [1.82, 2.24) is 15.1 Å². The lowest BCUT2D eigenvalue weighted by Crippen LogP contribution is -2.58. The third-order valence-electron chi connectivity index (χ3n) is 4.03. The minimum atomic E-state index is -0.557. The van der Waals surface area contributed by atoms with Crippen molar-refractivity contribution in [3.05, 3.63) is 18.0 Å². The summed E-state index contributed by atoms with van der Waals surface area (Å²) in [6, 6.07) is 2.26. The van der Waals surface area contributed by atoms with E-state index in [0.717, 1.165) is 44.3 Å². The van der Waals surface area contributed by atoms with Gasteiger partial charge in [-0.1, -0.05) is 6.92 Å². The molecule has 0 saturated heterocycles. The summed E-state index contributed by atoms with van der Waals surface area (Å²) in [5.74, 6) is -0.227. The number of nitrogens with one attached hydrogen (secondary N) is 1. The van der Waals surface area contributed by atoms with E-state index in [-0.39, 0.29) is 11.9 Å². The van der Waals surface area contributed by atoms with E-state index < -0.39 is 5.54 Å². The highest BCUT2D eigenvalue weighted by Gasteiger charge is 2.41. The van der Waals surface area contributed by atoms with E-state index in [1.54, 1.807) is 0 Å². The van der Waals surface area contributed by atoms with Crippen molar-refractivity contribution in [2.75, 3.05) is 6.54 Å². The third kappa shape index (κ3) is 2.97. The van der Waals surface area contributed by atoms with Crippen LogP contribution in [0.3, 0.4) is 0 Å². The Hall–Kier alpha value is -1.36. The second kappa shape index (κ2) is 5.74. The number of nitrogens with two attached hydrogens (primary N) is 1. The zero-order valence-electron chi connectivity index (χ0n) is 11.9. The van der Waals surface area contributed by atoms with Gasteiger partial charge in [-0.15, -0.1) is 0 Å². The SMILES string of the molecule is CCCNC1(C(N)=O)CCCC(n2ccc(C)n2)C1. The molecule has 1 saturated carbocycles. The molecule has 2 unspecified atom stereocenters. The average Bonchev–Trinajstić information content (AvgIpc) is 2.83. The molecule has 0 aliphatic heterocycles. The Bertz CT molecular complexity index is 442. The Labute approximate surface area is 114 Å². The molecule has 0 radical (unpaired) electrons. The van der Waals surface area contributed by atoms with Crippen LogP contribution < -0.4 is 11.1 Å². The van der Waals surface area contributed by atoms with Gasteiger partial charge in [-0.05, 0) is 51.6 Å². The highest BCUT2D eigenvalue weighted by Crippen LogP contribution is 2.35. The Morgan fingerprint density at radius 1 is 1.68 bits per heavy atom. The Kier molecular flexibility index (Phi) is 4.24. The van der Waals surface area contributed by atoms with E-state index >= 15 is 0 Å². The number of primary amides is 1. The van der Waals surface area contributed by atoms with Gasteiger partial charge in [0.25, 0.3) is 0 Å². The fourth-order valence-corrected chi connectivity index (χ4v) is 2.94. The number of nitrogens with zero attached hydrogens (tertiary/aromatic N) is 2. The maximum Gasteiger partial charge on any atom is 0.237 e. The predicted octanol–water partition coefficient (Wildman–Crippen LogP) is 1.53. The van der Waals surface area contributed by atoms with Crippen molar-refractivity contribution in [2.45, 2.75) is 57.5 Å². The normalized spacial score (nSPS) is 27.4. The quantitative estimate of drug-likeness (QED) is 0.847. The molecule has 1 aliphatic rings. The van der Waals surface area contributed by atoms with Crippen LogP contribution in [0.4, 0.5) is 0 Å². The molecule has 2 rings (SSSR count). The summed E-state index contributed by atoms with van der Waals surface area (Å²) in [4.78, 5) is 11.9. The maximum absolute atomic E-state index is 11.9. The predicted molar refractivity (Wildman–Crippen MR) is 74.7 cm³/mol. The number of aromatic nitrogens is 2. The number of amides is 1. The van der Waals surface area contributed by atoms with E-state index in [1.807, 2.05) is 23.9 Å². The smallest absolute Gasteiger partial charge is 0.237 e. The van der Waals surface area contributed by atoms with Gasteiger partial charge in [0.15, 0.2) is 0 Å². The number of hydrogen-bond donors (Lipinski definition) is 2. The van der Waals surface area contributed by atoms with Gasteiger partial charge in [0.1, 0.15) is 0 Å². The van der Waals surface area contributed by atoms with Gasteiger partial charge in [-0.25, -0.2) is 0 Å². The molecule has 0 aromatic carbocycles. The van der Waals surface area contributed by atoms with Gasteiger partial charge < -0.3 is 11.1 Å². The van der Waals surface area contributed by atoms with Crippen LogP contribution in [0, 0.1) is 6.92 Å². The van der Waals surface area contributed by atoms with Gasteiger partial charge in [0.05, 0.1) is 17.3 Å². The van der Waals surface area contributed by atoms with Crippen LogP contribution in [0.5, 0.6) is 0 Å². The molecular weight excluding hydrogens is 240 g/mol. The summed E-state index contributed by atoms with van der Waals surface area (Å²) in [5, 5.41) is 7.85. The Morgan fingerprint density at radius 3 is 3.05 bits per heavy atom. The molecule has 1 fully saturated rings. The second-order valence-corrected chi connectivity index (χ2v) is 5.56. The fraction of sp³-hybridized carbons (Fsp3) is 0.714. The molecule has 5 nitrogen and oxygen atoms in total. The van der Waals surface area contributed by atoms with Crippen LogP contribution in [-0.2, 0) is 4.79 Å². The van der Waals surface area contributed by atoms with Gasteiger partial charge in [0.2, 0.25) is 5.91 Å². The summed E-state index contributed by atoms with van der Waals surface area (Å²) in [7, 11) is 0. The lowest BCUT2D eigenvalue weighted by Gasteiger charge is -2.39. The van der Waals surface area contributed by atoms with Crippen molar-refractivity contribution >= 4 is 5.91 Å². The van der Waals surface area contributed by atoms with Crippen molar-refractivity contribution in [2.24, 2.45) is 5.73 Å². The first-order valence-corrected chi connectivity index (χ1v) is 7.14. The lowest BCUT2D eigenvalue weighted by atomic mass is 9.78. The average molecular weight is 264 g/mol. The molecule has 1 amide bonds. The molecule has 106 valence electrons. The number of aryl methyl sites for hydroxylation is 1.